The number of hydrogen-bond acceptors (Lipinski definition) is 3. The number of aliphatic imine (C=N–C) groups is 1. The van der Waals surface area contributed by atoms with E-state index in [0.717, 1.165) is 17.9 Å². The summed E-state index contributed by atoms with van der Waals surface area (Å²) in [4.78, 5) is 9.77. The third-order valence-electron chi connectivity index (χ3n) is 7.75. The Bertz CT molecular complexity index is 1240. The number of anilines is 1. The highest BCUT2D eigenvalue weighted by atomic mass is 35.5. The Balaban J connectivity index is 1.27. The van der Waals surface area contributed by atoms with Crippen molar-refractivity contribution in [3.63, 3.8) is 0 Å². The molecule has 1 atom stereocenters. The van der Waals surface area contributed by atoms with Gasteiger partial charge >= 0.3 is 0 Å². The van der Waals surface area contributed by atoms with Gasteiger partial charge in [0, 0.05) is 35.0 Å². The van der Waals surface area contributed by atoms with Gasteiger partial charge in [-0.25, -0.2) is 0 Å². The molecule has 0 amide bonds. The quantitative estimate of drug-likeness (QED) is 0.385. The number of hydrogen-bond donors (Lipinski definition) is 0. The largest absolute Gasteiger partial charge is 0.321 e. The summed E-state index contributed by atoms with van der Waals surface area (Å²) in [6, 6.07) is 26.4. The molecule has 3 aromatic carbocycles. The van der Waals surface area contributed by atoms with E-state index in [-0.39, 0.29) is 0 Å². The molecule has 0 saturated carbocycles. The van der Waals surface area contributed by atoms with Crippen LogP contribution in [0.25, 0.3) is 5.70 Å². The van der Waals surface area contributed by atoms with Crippen LogP contribution in [0.4, 0.5) is 5.69 Å². The Hall–Kier alpha value is -2.88. The topological polar surface area (TPSA) is 18.8 Å². The third kappa shape index (κ3) is 4.68. The molecule has 2 heterocycles. The van der Waals surface area contributed by atoms with E-state index < -0.39 is 0 Å². The van der Waals surface area contributed by atoms with Crippen LogP contribution in [0.3, 0.4) is 0 Å². The van der Waals surface area contributed by atoms with Gasteiger partial charge in [-0.2, -0.15) is 0 Å². The summed E-state index contributed by atoms with van der Waals surface area (Å²) in [7, 11) is 0. The summed E-state index contributed by atoms with van der Waals surface area (Å²) >= 11 is 6.18. The van der Waals surface area contributed by atoms with Crippen LogP contribution in [0.1, 0.15) is 53.9 Å². The first-order valence-electron chi connectivity index (χ1n) is 12.9. The molecule has 1 fully saturated rings. The summed E-state index contributed by atoms with van der Waals surface area (Å²) in [5.41, 5.74) is 9.25. The lowest BCUT2D eigenvalue weighted by molar-refractivity contribution is 0.231. The SMILES string of the molecule is Clc1ccc(C2CC3=C(c4ccccc42)N(c2ccc(CCN4CCCCC4)cc2)CN=C3)cc1. The lowest BCUT2D eigenvalue weighted by Crippen LogP contribution is -2.31. The van der Waals surface area contributed by atoms with Gasteiger partial charge in [0.2, 0.25) is 0 Å². The molecule has 178 valence electrons. The summed E-state index contributed by atoms with van der Waals surface area (Å²) in [5.74, 6) is 0.311. The first-order chi connectivity index (χ1) is 17.3. The first-order valence-corrected chi connectivity index (χ1v) is 13.3. The van der Waals surface area contributed by atoms with E-state index in [4.69, 9.17) is 16.6 Å². The van der Waals surface area contributed by atoms with E-state index in [0.29, 0.717) is 12.6 Å². The number of piperidine rings is 1. The zero-order valence-electron chi connectivity index (χ0n) is 20.2. The smallest absolute Gasteiger partial charge is 0.114 e. The predicted molar refractivity (Wildman–Crippen MR) is 148 cm³/mol. The van der Waals surface area contributed by atoms with E-state index in [2.05, 4.69) is 76.7 Å². The van der Waals surface area contributed by atoms with E-state index in [9.17, 15) is 0 Å². The molecule has 3 aliphatic rings. The molecule has 35 heavy (non-hydrogen) atoms. The summed E-state index contributed by atoms with van der Waals surface area (Å²) in [6.07, 6.45) is 8.26. The molecular formula is C31H32ClN3. The van der Waals surface area contributed by atoms with Crippen molar-refractivity contribution in [3.8, 4) is 0 Å². The molecular weight excluding hydrogens is 450 g/mol. The Labute approximate surface area is 213 Å². The van der Waals surface area contributed by atoms with Gasteiger partial charge in [-0.3, -0.25) is 4.99 Å². The Kier molecular flexibility index (Phi) is 6.45. The van der Waals surface area contributed by atoms with Crippen molar-refractivity contribution in [2.45, 2.75) is 38.0 Å². The maximum Gasteiger partial charge on any atom is 0.114 e. The first kappa shape index (κ1) is 22.6. The number of nitrogens with zero attached hydrogens (tertiary/aromatic N) is 3. The molecule has 0 bridgehead atoms. The average Bonchev–Trinajstić information content (AvgIpc) is 2.92. The normalized spacial score (nSPS) is 20.0. The van der Waals surface area contributed by atoms with Gasteiger partial charge in [-0.15, -0.1) is 0 Å². The highest BCUT2D eigenvalue weighted by Gasteiger charge is 2.31. The monoisotopic (exact) mass is 481 g/mol. The molecule has 4 heteroatoms. The third-order valence-corrected chi connectivity index (χ3v) is 8.00. The van der Waals surface area contributed by atoms with Crippen molar-refractivity contribution in [2.75, 3.05) is 31.2 Å². The van der Waals surface area contributed by atoms with Crippen LogP contribution in [-0.4, -0.2) is 37.4 Å². The van der Waals surface area contributed by atoms with Crippen LogP contribution in [0, 0.1) is 0 Å². The number of likely N-dealkylation sites (tertiary alicyclic amines) is 1. The fraction of sp³-hybridized carbons (Fsp3) is 0.323. The van der Waals surface area contributed by atoms with Crippen molar-refractivity contribution in [1.82, 2.24) is 4.90 Å². The van der Waals surface area contributed by atoms with Crippen molar-refractivity contribution in [3.05, 3.63) is 106 Å². The van der Waals surface area contributed by atoms with Crippen molar-refractivity contribution in [1.29, 1.82) is 0 Å². The van der Waals surface area contributed by atoms with Crippen molar-refractivity contribution >= 4 is 29.2 Å². The molecule has 0 radical (unpaired) electrons. The van der Waals surface area contributed by atoms with Crippen LogP contribution in [0.15, 0.2) is 83.4 Å². The van der Waals surface area contributed by atoms with Gasteiger partial charge in [0.15, 0.2) is 0 Å². The van der Waals surface area contributed by atoms with Gasteiger partial charge in [0.05, 0.1) is 5.70 Å². The molecule has 1 saturated heterocycles. The van der Waals surface area contributed by atoms with Crippen LogP contribution >= 0.6 is 11.6 Å². The summed E-state index contributed by atoms with van der Waals surface area (Å²) in [5, 5.41) is 0.780. The fourth-order valence-corrected chi connectivity index (χ4v) is 5.99. The second-order valence-corrected chi connectivity index (χ2v) is 10.4. The molecule has 2 aliphatic heterocycles. The number of allylic oxidation sites excluding steroid dienone is 1. The second-order valence-electron chi connectivity index (χ2n) is 9.97. The van der Waals surface area contributed by atoms with Gasteiger partial charge in [-0.05, 0) is 85.3 Å². The van der Waals surface area contributed by atoms with Crippen LogP contribution in [0.5, 0.6) is 0 Å². The van der Waals surface area contributed by atoms with Gasteiger partial charge < -0.3 is 9.80 Å². The molecule has 0 spiro atoms. The standard InChI is InChI=1S/C31H32ClN3/c32-26-12-10-24(11-13-26)30-20-25-21-33-22-35(31(25)29-7-3-2-6-28(29)30)27-14-8-23(9-15-27)16-19-34-17-4-1-5-18-34/h2-3,6-15,21,30H,1,4-5,16-20,22H2. The zero-order chi connectivity index (χ0) is 23.6. The highest BCUT2D eigenvalue weighted by molar-refractivity contribution is 6.30. The van der Waals surface area contributed by atoms with Gasteiger partial charge in [0.25, 0.3) is 0 Å². The van der Waals surface area contributed by atoms with Crippen LogP contribution in [0.2, 0.25) is 5.02 Å². The number of fused-ring (bicyclic) bond motifs is 2. The van der Waals surface area contributed by atoms with Crippen LogP contribution < -0.4 is 4.90 Å². The summed E-state index contributed by atoms with van der Waals surface area (Å²) < 4.78 is 0. The number of halogens is 1. The van der Waals surface area contributed by atoms with E-state index >= 15 is 0 Å². The Morgan fingerprint density at radius 3 is 2.43 bits per heavy atom. The molecule has 6 rings (SSSR count). The minimum absolute atomic E-state index is 0.311. The minimum Gasteiger partial charge on any atom is -0.321 e. The van der Waals surface area contributed by atoms with Gasteiger partial charge in [0.1, 0.15) is 6.67 Å². The fourth-order valence-electron chi connectivity index (χ4n) is 5.87. The number of benzene rings is 3. The van der Waals surface area contributed by atoms with Crippen LogP contribution in [-0.2, 0) is 6.42 Å². The summed E-state index contributed by atoms with van der Waals surface area (Å²) in [6.45, 7) is 4.35. The highest BCUT2D eigenvalue weighted by Crippen LogP contribution is 2.45. The molecule has 1 aliphatic carbocycles. The van der Waals surface area contributed by atoms with E-state index in [1.807, 2.05) is 12.1 Å². The average molecular weight is 482 g/mol. The number of rotatable bonds is 5. The molecule has 0 aromatic heterocycles. The molecule has 3 nitrogen and oxygen atoms in total. The molecule has 3 aromatic rings. The van der Waals surface area contributed by atoms with Crippen molar-refractivity contribution in [2.24, 2.45) is 4.99 Å². The van der Waals surface area contributed by atoms with E-state index in [1.54, 1.807) is 0 Å². The molecule has 1 unspecified atom stereocenters. The maximum atomic E-state index is 6.18. The Morgan fingerprint density at radius 1 is 0.857 bits per heavy atom. The zero-order valence-corrected chi connectivity index (χ0v) is 20.9. The lowest BCUT2D eigenvalue weighted by Gasteiger charge is -2.37. The Morgan fingerprint density at radius 2 is 1.63 bits per heavy atom. The second kappa shape index (κ2) is 10.0. The lowest BCUT2D eigenvalue weighted by atomic mass is 9.77. The van der Waals surface area contributed by atoms with Gasteiger partial charge in [-0.1, -0.05) is 66.6 Å². The maximum absolute atomic E-state index is 6.18. The minimum atomic E-state index is 0.311. The predicted octanol–water partition coefficient (Wildman–Crippen LogP) is 7.16. The molecule has 0 N–H and O–H groups in total. The van der Waals surface area contributed by atoms with Crippen molar-refractivity contribution < 1.29 is 0 Å². The van der Waals surface area contributed by atoms with E-state index in [1.165, 1.54) is 78.1 Å².